The van der Waals surface area contributed by atoms with E-state index in [0.717, 1.165) is 20.8 Å². The minimum Gasteiger partial charge on any atom is -0.320 e. The third-order valence-corrected chi connectivity index (χ3v) is 4.96. The average molecular weight is 366 g/mol. The molecule has 2 heterocycles. The SMILES string of the molecule is O=C(Nc1ccccc1-c1nc2ccccc2s1)c1cc(Cl)ccn1. The van der Waals surface area contributed by atoms with E-state index in [2.05, 4.69) is 15.3 Å². The fourth-order valence-electron chi connectivity index (χ4n) is 2.48. The number of amides is 1. The molecule has 2 aromatic heterocycles. The number of carbonyl (C=O) groups is 1. The molecule has 0 radical (unpaired) electrons. The minimum atomic E-state index is -0.309. The van der Waals surface area contributed by atoms with Crippen LogP contribution in [0.1, 0.15) is 10.5 Å². The van der Waals surface area contributed by atoms with Crippen LogP contribution in [-0.4, -0.2) is 15.9 Å². The second-order valence-electron chi connectivity index (χ2n) is 5.35. The van der Waals surface area contributed by atoms with E-state index in [-0.39, 0.29) is 11.6 Å². The first-order chi connectivity index (χ1) is 12.2. The number of pyridine rings is 1. The molecule has 0 aliphatic rings. The van der Waals surface area contributed by atoms with Crippen LogP contribution in [0.5, 0.6) is 0 Å². The highest BCUT2D eigenvalue weighted by molar-refractivity contribution is 7.21. The third-order valence-electron chi connectivity index (χ3n) is 3.65. The molecule has 0 aliphatic carbocycles. The quantitative estimate of drug-likeness (QED) is 0.538. The van der Waals surface area contributed by atoms with Crippen molar-refractivity contribution in [2.45, 2.75) is 0 Å². The highest BCUT2D eigenvalue weighted by Gasteiger charge is 2.14. The maximum Gasteiger partial charge on any atom is 0.274 e. The molecule has 6 heteroatoms. The molecule has 0 atom stereocenters. The van der Waals surface area contributed by atoms with Crippen molar-refractivity contribution in [2.24, 2.45) is 0 Å². The molecule has 0 spiro atoms. The normalized spacial score (nSPS) is 10.8. The van der Waals surface area contributed by atoms with Crippen LogP contribution in [0.25, 0.3) is 20.8 Å². The zero-order valence-corrected chi connectivity index (χ0v) is 14.5. The van der Waals surface area contributed by atoms with Gasteiger partial charge in [-0.15, -0.1) is 11.3 Å². The Hall–Kier alpha value is -2.76. The number of nitrogens with zero attached hydrogens (tertiary/aromatic N) is 2. The van der Waals surface area contributed by atoms with Crippen molar-refractivity contribution < 1.29 is 4.79 Å². The van der Waals surface area contributed by atoms with E-state index in [1.54, 1.807) is 17.4 Å². The van der Waals surface area contributed by atoms with E-state index >= 15 is 0 Å². The molecule has 4 nitrogen and oxygen atoms in total. The Morgan fingerprint density at radius 2 is 1.84 bits per heavy atom. The number of hydrogen-bond donors (Lipinski definition) is 1. The largest absolute Gasteiger partial charge is 0.320 e. The number of hydrogen-bond acceptors (Lipinski definition) is 4. The first-order valence-electron chi connectivity index (χ1n) is 7.58. The molecule has 4 rings (SSSR count). The zero-order valence-electron chi connectivity index (χ0n) is 12.9. The molecule has 2 aromatic carbocycles. The predicted octanol–water partition coefficient (Wildman–Crippen LogP) is 5.26. The van der Waals surface area contributed by atoms with Crippen molar-refractivity contribution in [3.05, 3.63) is 77.6 Å². The van der Waals surface area contributed by atoms with Gasteiger partial charge in [0, 0.05) is 16.8 Å². The molecule has 0 aliphatic heterocycles. The molecule has 0 unspecified atom stereocenters. The van der Waals surface area contributed by atoms with Crippen molar-refractivity contribution >= 4 is 44.7 Å². The summed E-state index contributed by atoms with van der Waals surface area (Å²) in [6.45, 7) is 0. The number of benzene rings is 2. The van der Waals surface area contributed by atoms with Crippen molar-refractivity contribution in [3.63, 3.8) is 0 Å². The summed E-state index contributed by atoms with van der Waals surface area (Å²) in [7, 11) is 0. The third kappa shape index (κ3) is 3.24. The average Bonchev–Trinajstić information content (AvgIpc) is 3.06. The molecule has 0 saturated heterocycles. The molecule has 4 aromatic rings. The van der Waals surface area contributed by atoms with Crippen LogP contribution in [0.4, 0.5) is 5.69 Å². The molecule has 1 amide bonds. The number of fused-ring (bicyclic) bond motifs is 1. The monoisotopic (exact) mass is 365 g/mol. The van der Waals surface area contributed by atoms with Crippen LogP contribution >= 0.6 is 22.9 Å². The number of aromatic nitrogens is 2. The zero-order chi connectivity index (χ0) is 17.2. The second kappa shape index (κ2) is 6.63. The Bertz CT molecular complexity index is 1040. The molecule has 0 bridgehead atoms. The maximum atomic E-state index is 12.5. The molecule has 25 heavy (non-hydrogen) atoms. The topological polar surface area (TPSA) is 54.9 Å². The molecular weight excluding hydrogens is 354 g/mol. The lowest BCUT2D eigenvalue weighted by Crippen LogP contribution is -2.14. The summed E-state index contributed by atoms with van der Waals surface area (Å²) in [5.74, 6) is -0.309. The Kier molecular flexibility index (Phi) is 4.17. The van der Waals surface area contributed by atoms with Crippen LogP contribution < -0.4 is 5.32 Å². The second-order valence-corrected chi connectivity index (χ2v) is 6.81. The van der Waals surface area contributed by atoms with Gasteiger partial charge in [0.1, 0.15) is 10.7 Å². The van der Waals surface area contributed by atoms with Gasteiger partial charge in [-0.3, -0.25) is 9.78 Å². The number of thiazole rings is 1. The van der Waals surface area contributed by atoms with E-state index in [9.17, 15) is 4.79 Å². The van der Waals surface area contributed by atoms with E-state index in [0.29, 0.717) is 10.7 Å². The number of anilines is 1. The van der Waals surface area contributed by atoms with Gasteiger partial charge in [-0.2, -0.15) is 0 Å². The van der Waals surface area contributed by atoms with Gasteiger partial charge in [-0.25, -0.2) is 4.98 Å². The van der Waals surface area contributed by atoms with Crippen molar-refractivity contribution in [1.82, 2.24) is 9.97 Å². The van der Waals surface area contributed by atoms with Gasteiger partial charge < -0.3 is 5.32 Å². The molecule has 0 saturated carbocycles. The minimum absolute atomic E-state index is 0.270. The number of nitrogens with one attached hydrogen (secondary N) is 1. The molecule has 1 N–H and O–H groups in total. The Balaban J connectivity index is 1.70. The number of para-hydroxylation sites is 2. The molecule has 122 valence electrons. The summed E-state index contributed by atoms with van der Waals surface area (Å²) in [5.41, 5.74) is 2.78. The fraction of sp³-hybridized carbons (Fsp3) is 0. The van der Waals surface area contributed by atoms with E-state index in [1.165, 1.54) is 12.3 Å². The van der Waals surface area contributed by atoms with E-state index in [1.807, 2.05) is 48.5 Å². The van der Waals surface area contributed by atoms with Crippen LogP contribution in [-0.2, 0) is 0 Å². The number of halogens is 1. The fourth-order valence-corrected chi connectivity index (χ4v) is 3.65. The van der Waals surface area contributed by atoms with Gasteiger partial charge in [-0.1, -0.05) is 35.9 Å². The summed E-state index contributed by atoms with van der Waals surface area (Å²) in [4.78, 5) is 21.2. The van der Waals surface area contributed by atoms with Gasteiger partial charge in [0.25, 0.3) is 5.91 Å². The van der Waals surface area contributed by atoms with Crippen molar-refractivity contribution in [1.29, 1.82) is 0 Å². The Labute approximate surface area is 153 Å². The van der Waals surface area contributed by atoms with Crippen molar-refractivity contribution in [3.8, 4) is 10.6 Å². The van der Waals surface area contributed by atoms with Gasteiger partial charge in [-0.05, 0) is 36.4 Å². The van der Waals surface area contributed by atoms with Crippen LogP contribution in [0, 0.1) is 0 Å². The summed E-state index contributed by atoms with van der Waals surface area (Å²) in [5, 5.41) is 4.23. The molecule has 0 fully saturated rings. The van der Waals surface area contributed by atoms with Gasteiger partial charge in [0.05, 0.1) is 15.9 Å². The highest BCUT2D eigenvalue weighted by Crippen LogP contribution is 2.34. The lowest BCUT2D eigenvalue weighted by atomic mass is 10.2. The van der Waals surface area contributed by atoms with Crippen LogP contribution in [0.15, 0.2) is 66.9 Å². The van der Waals surface area contributed by atoms with E-state index < -0.39 is 0 Å². The van der Waals surface area contributed by atoms with Crippen LogP contribution in [0.3, 0.4) is 0 Å². The van der Waals surface area contributed by atoms with Gasteiger partial charge in [0.2, 0.25) is 0 Å². The maximum absolute atomic E-state index is 12.5. The summed E-state index contributed by atoms with van der Waals surface area (Å²) in [6, 6.07) is 18.7. The summed E-state index contributed by atoms with van der Waals surface area (Å²) < 4.78 is 1.11. The Morgan fingerprint density at radius 3 is 2.68 bits per heavy atom. The summed E-state index contributed by atoms with van der Waals surface area (Å²) >= 11 is 7.53. The van der Waals surface area contributed by atoms with Crippen molar-refractivity contribution in [2.75, 3.05) is 5.32 Å². The first-order valence-corrected chi connectivity index (χ1v) is 8.78. The highest BCUT2D eigenvalue weighted by atomic mass is 35.5. The van der Waals surface area contributed by atoms with Gasteiger partial charge in [0.15, 0.2) is 0 Å². The van der Waals surface area contributed by atoms with E-state index in [4.69, 9.17) is 11.6 Å². The first kappa shape index (κ1) is 15.7. The number of carbonyl (C=O) groups excluding carboxylic acids is 1. The van der Waals surface area contributed by atoms with Crippen LogP contribution in [0.2, 0.25) is 5.02 Å². The lowest BCUT2D eigenvalue weighted by molar-refractivity contribution is 0.102. The lowest BCUT2D eigenvalue weighted by Gasteiger charge is -2.09. The summed E-state index contributed by atoms with van der Waals surface area (Å²) in [6.07, 6.45) is 1.51. The predicted molar refractivity (Wildman–Crippen MR) is 102 cm³/mol. The smallest absolute Gasteiger partial charge is 0.274 e. The Morgan fingerprint density at radius 1 is 1.04 bits per heavy atom. The van der Waals surface area contributed by atoms with Gasteiger partial charge >= 0.3 is 0 Å². The number of rotatable bonds is 3. The standard InChI is InChI=1S/C19H12ClN3OS/c20-12-9-10-21-16(11-12)18(24)22-14-6-2-1-5-13(14)19-23-15-7-3-4-8-17(15)25-19/h1-11H,(H,22,24). The molecular formula is C19H12ClN3OS.